The van der Waals surface area contributed by atoms with E-state index in [-0.39, 0.29) is 11.0 Å². The van der Waals surface area contributed by atoms with Gasteiger partial charge < -0.3 is 5.73 Å². The number of nitriles is 1. The molecule has 0 spiro atoms. The van der Waals surface area contributed by atoms with Gasteiger partial charge in [-0.25, -0.2) is 4.39 Å². The van der Waals surface area contributed by atoms with Gasteiger partial charge in [0.25, 0.3) is 0 Å². The Hall–Kier alpha value is -1.40. The fourth-order valence-electron chi connectivity index (χ4n) is 1.39. The second-order valence-corrected chi connectivity index (χ2v) is 4.47. The first kappa shape index (κ1) is 11.7. The van der Waals surface area contributed by atoms with Crippen LogP contribution in [0.5, 0.6) is 0 Å². The first-order chi connectivity index (χ1) is 6.98. The highest BCUT2D eigenvalue weighted by molar-refractivity contribution is 5.34. The van der Waals surface area contributed by atoms with Gasteiger partial charge in [0, 0.05) is 0 Å². The number of nitrogens with zero attached hydrogens (tertiary/aromatic N) is 1. The Balaban J connectivity index is 2.94. The van der Waals surface area contributed by atoms with Gasteiger partial charge in [0.05, 0.1) is 5.56 Å². The molecule has 0 saturated carbocycles. The lowest BCUT2D eigenvalue weighted by Crippen LogP contribution is -2.25. The number of benzene rings is 1. The van der Waals surface area contributed by atoms with Crippen molar-refractivity contribution >= 4 is 0 Å². The van der Waals surface area contributed by atoms with Gasteiger partial charge in [0.15, 0.2) is 0 Å². The van der Waals surface area contributed by atoms with Crippen LogP contribution in [0.4, 0.5) is 4.39 Å². The lowest BCUT2D eigenvalue weighted by atomic mass is 9.85. The third-order valence-electron chi connectivity index (χ3n) is 2.39. The van der Waals surface area contributed by atoms with Crippen LogP contribution in [0.2, 0.25) is 0 Å². The summed E-state index contributed by atoms with van der Waals surface area (Å²) >= 11 is 0. The lowest BCUT2D eigenvalue weighted by molar-refractivity contribution is 0.376. The molecule has 1 rings (SSSR count). The fraction of sp³-hybridized carbons (Fsp3) is 0.417. The monoisotopic (exact) mass is 206 g/mol. The molecule has 0 aliphatic rings. The van der Waals surface area contributed by atoms with Crippen LogP contribution in [-0.2, 0) is 6.42 Å². The quantitative estimate of drug-likeness (QED) is 0.824. The largest absolute Gasteiger partial charge is 0.330 e. The number of rotatable bonds is 3. The molecule has 0 aromatic heterocycles. The van der Waals surface area contributed by atoms with Gasteiger partial charge in [-0.05, 0) is 36.1 Å². The maximum Gasteiger partial charge on any atom is 0.140 e. The lowest BCUT2D eigenvalue weighted by Gasteiger charge is -2.22. The molecule has 2 N–H and O–H groups in total. The van der Waals surface area contributed by atoms with E-state index >= 15 is 0 Å². The molecule has 0 atom stereocenters. The SMILES string of the molecule is CC(C)(CN)Cc1ccc(F)c(C#N)c1. The normalized spacial score (nSPS) is 11.1. The van der Waals surface area contributed by atoms with Crippen molar-refractivity contribution in [2.24, 2.45) is 11.1 Å². The van der Waals surface area contributed by atoms with Crippen molar-refractivity contribution < 1.29 is 4.39 Å². The second-order valence-electron chi connectivity index (χ2n) is 4.47. The van der Waals surface area contributed by atoms with E-state index < -0.39 is 5.82 Å². The van der Waals surface area contributed by atoms with E-state index in [1.807, 2.05) is 19.9 Å². The van der Waals surface area contributed by atoms with Gasteiger partial charge in [-0.2, -0.15) is 5.26 Å². The van der Waals surface area contributed by atoms with Gasteiger partial charge in [-0.1, -0.05) is 19.9 Å². The number of hydrogen-bond acceptors (Lipinski definition) is 2. The summed E-state index contributed by atoms with van der Waals surface area (Å²) in [7, 11) is 0. The predicted molar refractivity (Wildman–Crippen MR) is 57.7 cm³/mol. The first-order valence-corrected chi connectivity index (χ1v) is 4.87. The Morgan fingerprint density at radius 2 is 2.13 bits per heavy atom. The maximum absolute atomic E-state index is 13.0. The van der Waals surface area contributed by atoms with Crippen molar-refractivity contribution in [3.63, 3.8) is 0 Å². The molecule has 0 heterocycles. The average Bonchev–Trinajstić information content (AvgIpc) is 2.20. The molecule has 15 heavy (non-hydrogen) atoms. The molecule has 80 valence electrons. The zero-order valence-corrected chi connectivity index (χ0v) is 9.05. The zero-order valence-electron chi connectivity index (χ0n) is 9.05. The van der Waals surface area contributed by atoms with Crippen LogP contribution in [0.25, 0.3) is 0 Å². The number of halogens is 1. The van der Waals surface area contributed by atoms with Crippen LogP contribution in [0.3, 0.4) is 0 Å². The van der Waals surface area contributed by atoms with Gasteiger partial charge in [0.2, 0.25) is 0 Å². The van der Waals surface area contributed by atoms with Crippen molar-refractivity contribution in [1.82, 2.24) is 0 Å². The van der Waals surface area contributed by atoms with E-state index in [4.69, 9.17) is 11.0 Å². The van der Waals surface area contributed by atoms with Crippen molar-refractivity contribution in [3.8, 4) is 6.07 Å². The molecule has 1 aromatic rings. The highest BCUT2D eigenvalue weighted by Crippen LogP contribution is 2.21. The summed E-state index contributed by atoms with van der Waals surface area (Å²) in [6.45, 7) is 4.65. The van der Waals surface area contributed by atoms with Crippen LogP contribution in [0.1, 0.15) is 25.0 Å². The summed E-state index contributed by atoms with van der Waals surface area (Å²) in [6.07, 6.45) is 0.748. The minimum atomic E-state index is -0.466. The summed E-state index contributed by atoms with van der Waals surface area (Å²) in [6, 6.07) is 6.46. The number of hydrogen-bond donors (Lipinski definition) is 1. The first-order valence-electron chi connectivity index (χ1n) is 4.87. The van der Waals surface area contributed by atoms with Crippen molar-refractivity contribution in [2.45, 2.75) is 20.3 Å². The van der Waals surface area contributed by atoms with Crippen molar-refractivity contribution in [3.05, 3.63) is 35.1 Å². The van der Waals surface area contributed by atoms with Crippen LogP contribution in [-0.4, -0.2) is 6.54 Å². The van der Waals surface area contributed by atoms with E-state index in [2.05, 4.69) is 0 Å². The summed E-state index contributed by atoms with van der Waals surface area (Å²) in [4.78, 5) is 0. The third kappa shape index (κ3) is 3.03. The highest BCUT2D eigenvalue weighted by Gasteiger charge is 2.16. The molecule has 0 aliphatic carbocycles. The summed E-state index contributed by atoms with van der Waals surface area (Å²) in [5.41, 5.74) is 6.64. The highest BCUT2D eigenvalue weighted by atomic mass is 19.1. The fourth-order valence-corrected chi connectivity index (χ4v) is 1.39. The number of nitrogens with two attached hydrogens (primary N) is 1. The standard InChI is InChI=1S/C12H15FN2/c1-12(2,8-15)6-9-3-4-11(13)10(5-9)7-14/h3-5H,6,8,15H2,1-2H3. The Labute approximate surface area is 89.5 Å². The van der Waals surface area contributed by atoms with Crippen molar-refractivity contribution in [1.29, 1.82) is 5.26 Å². The van der Waals surface area contributed by atoms with Crippen molar-refractivity contribution in [2.75, 3.05) is 6.54 Å². The minimum Gasteiger partial charge on any atom is -0.330 e. The Bertz CT molecular complexity index is 391. The van der Waals surface area contributed by atoms with Crippen LogP contribution in [0, 0.1) is 22.6 Å². The molecule has 0 bridgehead atoms. The predicted octanol–water partition coefficient (Wildman–Crippen LogP) is 2.22. The maximum atomic E-state index is 13.0. The third-order valence-corrected chi connectivity index (χ3v) is 2.39. The van der Waals surface area contributed by atoms with Crippen LogP contribution in [0.15, 0.2) is 18.2 Å². The van der Waals surface area contributed by atoms with Gasteiger partial charge >= 0.3 is 0 Å². The van der Waals surface area contributed by atoms with E-state index in [0.29, 0.717) is 6.54 Å². The second kappa shape index (κ2) is 4.41. The molecule has 2 nitrogen and oxygen atoms in total. The molecule has 0 radical (unpaired) electrons. The molecular formula is C12H15FN2. The Kier molecular flexibility index (Phi) is 3.43. The molecule has 0 amide bonds. The molecule has 0 fully saturated rings. The van der Waals surface area contributed by atoms with E-state index in [9.17, 15) is 4.39 Å². The van der Waals surface area contributed by atoms with Crippen LogP contribution < -0.4 is 5.73 Å². The van der Waals surface area contributed by atoms with Gasteiger partial charge in [-0.3, -0.25) is 0 Å². The molecular weight excluding hydrogens is 191 g/mol. The van der Waals surface area contributed by atoms with E-state index in [1.165, 1.54) is 6.07 Å². The summed E-state index contributed by atoms with van der Waals surface area (Å²) < 4.78 is 13.0. The van der Waals surface area contributed by atoms with Gasteiger partial charge in [-0.15, -0.1) is 0 Å². The Morgan fingerprint density at radius 1 is 1.47 bits per heavy atom. The smallest absolute Gasteiger partial charge is 0.140 e. The molecule has 1 aromatic carbocycles. The van der Waals surface area contributed by atoms with Gasteiger partial charge in [0.1, 0.15) is 11.9 Å². The molecule has 0 aliphatic heterocycles. The molecule has 0 unspecified atom stereocenters. The molecule has 0 saturated heterocycles. The summed E-state index contributed by atoms with van der Waals surface area (Å²) in [5, 5.41) is 8.68. The molecule has 3 heteroatoms. The van der Waals surface area contributed by atoms with Crippen LogP contribution >= 0.6 is 0 Å². The average molecular weight is 206 g/mol. The zero-order chi connectivity index (χ0) is 11.5. The minimum absolute atomic E-state index is 0.0233. The van der Waals surface area contributed by atoms with E-state index in [0.717, 1.165) is 12.0 Å². The Morgan fingerprint density at radius 3 is 2.67 bits per heavy atom. The topological polar surface area (TPSA) is 49.8 Å². The summed E-state index contributed by atoms with van der Waals surface area (Å²) in [5.74, 6) is -0.466. The van der Waals surface area contributed by atoms with E-state index in [1.54, 1.807) is 12.1 Å².